The lowest BCUT2D eigenvalue weighted by molar-refractivity contribution is -0.137. The summed E-state index contributed by atoms with van der Waals surface area (Å²) in [5.74, 6) is -1.58. The number of carboxylic acids is 1. The molecule has 0 spiro atoms. The highest BCUT2D eigenvalue weighted by atomic mass is 35.5. The van der Waals surface area contributed by atoms with E-state index in [4.69, 9.17) is 22.4 Å². The van der Waals surface area contributed by atoms with Gasteiger partial charge in [0.2, 0.25) is 0 Å². The Kier molecular flexibility index (Phi) is 4.34. The van der Waals surface area contributed by atoms with E-state index in [0.29, 0.717) is 5.69 Å². The summed E-state index contributed by atoms with van der Waals surface area (Å²) in [6, 6.07) is 4.51. The van der Waals surface area contributed by atoms with Gasteiger partial charge in [-0.15, -0.1) is 0 Å². The van der Waals surface area contributed by atoms with Crippen LogP contribution in [0, 0.1) is 0 Å². The number of primary amides is 1. The maximum atomic E-state index is 11.2. The summed E-state index contributed by atoms with van der Waals surface area (Å²) < 4.78 is 0. The first-order chi connectivity index (χ1) is 7.91. The maximum absolute atomic E-state index is 11.2. The Labute approximate surface area is 104 Å². The molecule has 1 atom stereocenters. The van der Waals surface area contributed by atoms with Crippen LogP contribution in [-0.2, 0) is 4.79 Å². The minimum absolute atomic E-state index is 0.0648. The third-order valence-corrected chi connectivity index (χ3v) is 2.46. The zero-order valence-corrected chi connectivity index (χ0v) is 9.99. The first-order valence-electron chi connectivity index (χ1n) is 4.98. The van der Waals surface area contributed by atoms with E-state index in [9.17, 15) is 9.59 Å². The number of anilines is 1. The van der Waals surface area contributed by atoms with Crippen molar-refractivity contribution < 1.29 is 14.7 Å². The Balaban J connectivity index is 2.94. The molecule has 0 aliphatic carbocycles. The zero-order valence-electron chi connectivity index (χ0n) is 9.24. The number of carboxylic acid groups (broad SMARTS) is 1. The Bertz CT molecular complexity index is 448. The maximum Gasteiger partial charge on any atom is 0.305 e. The van der Waals surface area contributed by atoms with Crippen molar-refractivity contribution in [2.75, 3.05) is 5.32 Å². The second-order valence-electron chi connectivity index (χ2n) is 3.67. The Morgan fingerprint density at radius 2 is 2.18 bits per heavy atom. The van der Waals surface area contributed by atoms with Gasteiger partial charge in [-0.1, -0.05) is 17.7 Å². The van der Waals surface area contributed by atoms with E-state index in [1.165, 1.54) is 0 Å². The Hall–Kier alpha value is -1.75. The number of aliphatic carboxylic acids is 1. The minimum Gasteiger partial charge on any atom is -0.481 e. The van der Waals surface area contributed by atoms with Crippen molar-refractivity contribution in [3.8, 4) is 0 Å². The van der Waals surface area contributed by atoms with E-state index >= 15 is 0 Å². The SMILES string of the molecule is CC(CC(=O)O)Nc1cccc(Cl)c1C(N)=O. The van der Waals surface area contributed by atoms with E-state index in [0.717, 1.165) is 0 Å². The molecule has 0 bridgehead atoms. The summed E-state index contributed by atoms with van der Waals surface area (Å²) in [5.41, 5.74) is 5.83. The van der Waals surface area contributed by atoms with E-state index in [2.05, 4.69) is 5.32 Å². The molecule has 1 amide bonds. The topological polar surface area (TPSA) is 92.4 Å². The van der Waals surface area contributed by atoms with Crippen LogP contribution in [-0.4, -0.2) is 23.0 Å². The highest BCUT2D eigenvalue weighted by molar-refractivity contribution is 6.34. The van der Waals surface area contributed by atoms with E-state index in [-0.39, 0.29) is 23.0 Å². The third kappa shape index (κ3) is 3.64. The molecule has 6 heteroatoms. The molecule has 0 aromatic heterocycles. The number of benzene rings is 1. The van der Waals surface area contributed by atoms with Gasteiger partial charge < -0.3 is 16.2 Å². The largest absolute Gasteiger partial charge is 0.481 e. The minimum atomic E-state index is -0.923. The fourth-order valence-corrected chi connectivity index (χ4v) is 1.74. The quantitative estimate of drug-likeness (QED) is 0.748. The number of hydrogen-bond donors (Lipinski definition) is 3. The van der Waals surface area contributed by atoms with Crippen LogP contribution < -0.4 is 11.1 Å². The molecule has 17 heavy (non-hydrogen) atoms. The molecule has 0 aliphatic rings. The van der Waals surface area contributed by atoms with Gasteiger partial charge in [-0.25, -0.2) is 0 Å². The number of nitrogens with one attached hydrogen (secondary N) is 1. The molecule has 0 heterocycles. The van der Waals surface area contributed by atoms with Crippen LogP contribution in [0.2, 0.25) is 5.02 Å². The number of rotatable bonds is 5. The average Bonchev–Trinajstić information content (AvgIpc) is 2.15. The van der Waals surface area contributed by atoms with Gasteiger partial charge in [0.05, 0.1) is 17.0 Å². The first kappa shape index (κ1) is 13.3. The second-order valence-corrected chi connectivity index (χ2v) is 4.08. The van der Waals surface area contributed by atoms with Crippen LogP contribution in [0.1, 0.15) is 23.7 Å². The zero-order chi connectivity index (χ0) is 13.0. The lowest BCUT2D eigenvalue weighted by Gasteiger charge is -2.16. The molecule has 0 fully saturated rings. The molecular weight excluding hydrogens is 244 g/mol. The van der Waals surface area contributed by atoms with Crippen molar-refractivity contribution in [3.63, 3.8) is 0 Å². The number of carbonyl (C=O) groups is 2. The summed E-state index contributed by atoms with van der Waals surface area (Å²) in [5, 5.41) is 11.8. The number of halogens is 1. The molecule has 0 saturated carbocycles. The first-order valence-corrected chi connectivity index (χ1v) is 5.36. The number of carbonyl (C=O) groups excluding carboxylic acids is 1. The van der Waals surface area contributed by atoms with Crippen molar-refractivity contribution >= 4 is 29.2 Å². The molecule has 0 radical (unpaired) electrons. The van der Waals surface area contributed by atoms with Gasteiger partial charge in [0.15, 0.2) is 0 Å². The average molecular weight is 257 g/mol. The van der Waals surface area contributed by atoms with Gasteiger partial charge in [-0.3, -0.25) is 9.59 Å². The molecule has 1 rings (SSSR count). The van der Waals surface area contributed by atoms with Crippen LogP contribution in [0.5, 0.6) is 0 Å². The smallest absolute Gasteiger partial charge is 0.305 e. The molecule has 1 unspecified atom stereocenters. The predicted octanol–water partition coefficient (Wildman–Crippen LogP) is 1.71. The molecular formula is C11H13ClN2O3. The van der Waals surface area contributed by atoms with E-state index in [1.54, 1.807) is 25.1 Å². The van der Waals surface area contributed by atoms with Crippen LogP contribution in [0.15, 0.2) is 18.2 Å². The van der Waals surface area contributed by atoms with Crippen molar-refractivity contribution in [2.24, 2.45) is 5.73 Å². The monoisotopic (exact) mass is 256 g/mol. The van der Waals surface area contributed by atoms with Crippen LogP contribution >= 0.6 is 11.6 Å². The molecule has 5 nitrogen and oxygen atoms in total. The van der Waals surface area contributed by atoms with Gasteiger partial charge in [0, 0.05) is 11.7 Å². The Morgan fingerprint density at radius 3 is 2.71 bits per heavy atom. The molecule has 0 saturated heterocycles. The van der Waals surface area contributed by atoms with Crippen LogP contribution in [0.4, 0.5) is 5.69 Å². The normalized spacial score (nSPS) is 11.9. The molecule has 1 aromatic carbocycles. The summed E-state index contributed by atoms with van der Waals surface area (Å²) in [6.45, 7) is 1.69. The molecule has 92 valence electrons. The summed E-state index contributed by atoms with van der Waals surface area (Å²) in [6.07, 6.45) is -0.0648. The van der Waals surface area contributed by atoms with Crippen molar-refractivity contribution in [3.05, 3.63) is 28.8 Å². The lowest BCUT2D eigenvalue weighted by Crippen LogP contribution is -2.22. The van der Waals surface area contributed by atoms with Gasteiger partial charge >= 0.3 is 5.97 Å². The van der Waals surface area contributed by atoms with Crippen molar-refractivity contribution in [1.29, 1.82) is 0 Å². The van der Waals surface area contributed by atoms with Crippen molar-refractivity contribution in [1.82, 2.24) is 0 Å². The summed E-state index contributed by atoms with van der Waals surface area (Å²) in [7, 11) is 0. The third-order valence-electron chi connectivity index (χ3n) is 2.14. The summed E-state index contributed by atoms with van der Waals surface area (Å²) >= 11 is 5.86. The predicted molar refractivity (Wildman–Crippen MR) is 65.3 cm³/mol. The Morgan fingerprint density at radius 1 is 1.53 bits per heavy atom. The van der Waals surface area contributed by atoms with E-state index in [1.807, 2.05) is 0 Å². The fourth-order valence-electron chi connectivity index (χ4n) is 1.47. The van der Waals surface area contributed by atoms with Crippen LogP contribution in [0.25, 0.3) is 0 Å². The molecule has 1 aromatic rings. The van der Waals surface area contributed by atoms with Crippen LogP contribution in [0.3, 0.4) is 0 Å². The number of amides is 1. The highest BCUT2D eigenvalue weighted by Crippen LogP contribution is 2.24. The molecule has 0 aliphatic heterocycles. The van der Waals surface area contributed by atoms with E-state index < -0.39 is 11.9 Å². The lowest BCUT2D eigenvalue weighted by atomic mass is 10.1. The second kappa shape index (κ2) is 5.54. The highest BCUT2D eigenvalue weighted by Gasteiger charge is 2.15. The van der Waals surface area contributed by atoms with Gasteiger partial charge in [0.25, 0.3) is 5.91 Å². The fraction of sp³-hybridized carbons (Fsp3) is 0.273. The number of hydrogen-bond acceptors (Lipinski definition) is 3. The molecule has 4 N–H and O–H groups in total. The standard InChI is InChI=1S/C11H13ClN2O3/c1-6(5-9(15)16)14-8-4-2-3-7(12)10(8)11(13)17/h2-4,6,14H,5H2,1H3,(H2,13,17)(H,15,16). The number of nitrogens with two attached hydrogens (primary N) is 1. The summed E-state index contributed by atoms with van der Waals surface area (Å²) in [4.78, 5) is 21.8. The van der Waals surface area contributed by atoms with Crippen molar-refractivity contribution in [2.45, 2.75) is 19.4 Å². The van der Waals surface area contributed by atoms with Gasteiger partial charge in [-0.2, -0.15) is 0 Å². The van der Waals surface area contributed by atoms with Gasteiger partial charge in [-0.05, 0) is 19.1 Å². The van der Waals surface area contributed by atoms with Gasteiger partial charge in [0.1, 0.15) is 0 Å².